The first-order chi connectivity index (χ1) is 21.3. The molecule has 0 atom stereocenters. The molecule has 0 unspecified atom stereocenters. The van der Waals surface area contributed by atoms with E-state index >= 15 is 0 Å². The van der Waals surface area contributed by atoms with Crippen molar-refractivity contribution in [3.8, 4) is 33.6 Å². The molecule has 7 aromatic carbocycles. The van der Waals surface area contributed by atoms with Gasteiger partial charge in [-0.1, -0.05) is 119 Å². The van der Waals surface area contributed by atoms with E-state index in [4.69, 9.17) is 0 Å². The minimum Gasteiger partial charge on any atom is -0.309 e. The van der Waals surface area contributed by atoms with Crippen LogP contribution in [0.1, 0.15) is 0 Å². The zero-order valence-corrected chi connectivity index (χ0v) is 24.6. The third-order valence-electron chi connectivity index (χ3n) is 9.32. The van der Waals surface area contributed by atoms with E-state index in [1.807, 2.05) is 0 Å². The second-order valence-electron chi connectivity index (χ2n) is 11.5. The summed E-state index contributed by atoms with van der Waals surface area (Å²) in [7, 11) is 0. The summed E-state index contributed by atoms with van der Waals surface area (Å²) in [4.78, 5) is 0. The first-order valence-electron chi connectivity index (χ1n) is 14.6. The summed E-state index contributed by atoms with van der Waals surface area (Å²) in [5.74, 6) is 0. The largest absolute Gasteiger partial charge is 0.309 e. The van der Waals surface area contributed by atoms with Crippen molar-refractivity contribution in [1.29, 1.82) is 0 Å². The summed E-state index contributed by atoms with van der Waals surface area (Å²) in [5.41, 5.74) is 12.4. The van der Waals surface area contributed by atoms with Crippen molar-refractivity contribution in [2.45, 2.75) is 0 Å². The predicted molar refractivity (Wildman–Crippen MR) is 185 cm³/mol. The van der Waals surface area contributed by atoms with Crippen molar-refractivity contribution in [2.24, 2.45) is 0 Å². The Kier molecular flexibility index (Phi) is 4.62. The second kappa shape index (κ2) is 8.47. The van der Waals surface area contributed by atoms with Gasteiger partial charge >= 0.3 is 0 Å². The quantitative estimate of drug-likeness (QED) is 0.175. The van der Waals surface area contributed by atoms with Crippen LogP contribution in [-0.4, -0.2) is 9.13 Å². The molecule has 10 rings (SSSR count). The lowest BCUT2D eigenvalue weighted by molar-refractivity contribution is 1.18. The van der Waals surface area contributed by atoms with Gasteiger partial charge in [0, 0.05) is 42.5 Å². The van der Waals surface area contributed by atoms with Crippen molar-refractivity contribution >= 4 is 70.3 Å². The van der Waals surface area contributed by atoms with Gasteiger partial charge in [0.1, 0.15) is 0 Å². The van der Waals surface area contributed by atoms with Gasteiger partial charge in [-0.15, -0.1) is 0 Å². The maximum absolute atomic E-state index is 3.80. The van der Waals surface area contributed by atoms with Crippen molar-refractivity contribution in [2.75, 3.05) is 0 Å². The van der Waals surface area contributed by atoms with E-state index in [-0.39, 0.29) is 0 Å². The molecule has 0 radical (unpaired) electrons. The Morgan fingerprint density at radius 1 is 0.349 bits per heavy atom. The standard InChI is InChI=1S/C40H23BrN2/c41-34-20-21-37(28-14-4-3-12-26(28)34)42-35-18-7-6-15-29(35)32-22-33-31-17-9-16-30-25-11-2-1-10-24(25)27-13-5-8-19-36(27)43(40(30)31)39(33)23-38(32)42/h1-23H. The summed E-state index contributed by atoms with van der Waals surface area (Å²) in [5, 5.41) is 7.53. The highest BCUT2D eigenvalue weighted by Crippen LogP contribution is 2.48. The van der Waals surface area contributed by atoms with Crippen LogP contribution in [0.5, 0.6) is 0 Å². The highest BCUT2D eigenvalue weighted by atomic mass is 79.9. The summed E-state index contributed by atoms with van der Waals surface area (Å²) >= 11 is 3.80. The Hall–Kier alpha value is -5.12. The number of halogens is 1. The Morgan fingerprint density at radius 2 is 0.953 bits per heavy atom. The molecule has 1 aliphatic rings. The zero-order valence-electron chi connectivity index (χ0n) is 23.1. The average molecular weight is 612 g/mol. The van der Waals surface area contributed by atoms with Crippen molar-refractivity contribution in [3.05, 3.63) is 144 Å². The molecule has 2 nitrogen and oxygen atoms in total. The molecule has 2 aromatic heterocycles. The zero-order chi connectivity index (χ0) is 28.2. The van der Waals surface area contributed by atoms with Gasteiger partial charge in [0.05, 0.1) is 33.4 Å². The number of fused-ring (bicyclic) bond motifs is 12. The van der Waals surface area contributed by atoms with Crippen molar-refractivity contribution < 1.29 is 0 Å². The number of aromatic nitrogens is 2. The highest BCUT2D eigenvalue weighted by molar-refractivity contribution is 9.10. The number of nitrogens with zero attached hydrogens (tertiary/aromatic N) is 2. The second-order valence-corrected chi connectivity index (χ2v) is 12.3. The van der Waals surface area contributed by atoms with Gasteiger partial charge in [-0.2, -0.15) is 0 Å². The molecule has 3 heterocycles. The molecule has 1 aliphatic heterocycles. The smallest absolute Gasteiger partial charge is 0.0619 e. The fourth-order valence-corrected chi connectivity index (χ4v) is 8.02. The molecule has 0 spiro atoms. The molecule has 0 saturated carbocycles. The van der Waals surface area contributed by atoms with Crippen LogP contribution in [0, 0.1) is 0 Å². The van der Waals surface area contributed by atoms with Crippen molar-refractivity contribution in [1.82, 2.24) is 9.13 Å². The van der Waals surface area contributed by atoms with E-state index in [0.717, 1.165) is 4.47 Å². The van der Waals surface area contributed by atoms with Gasteiger partial charge in [-0.3, -0.25) is 0 Å². The van der Waals surface area contributed by atoms with Gasteiger partial charge < -0.3 is 9.13 Å². The minimum absolute atomic E-state index is 1.11. The van der Waals surface area contributed by atoms with Crippen LogP contribution in [-0.2, 0) is 0 Å². The molecular weight excluding hydrogens is 588 g/mol. The first kappa shape index (κ1) is 23.4. The summed E-state index contributed by atoms with van der Waals surface area (Å²) in [6.07, 6.45) is 0. The average Bonchev–Trinajstić information content (AvgIpc) is 3.52. The number of rotatable bonds is 1. The molecule has 0 N–H and O–H groups in total. The van der Waals surface area contributed by atoms with E-state index in [1.54, 1.807) is 0 Å². The molecule has 0 fully saturated rings. The molecule has 43 heavy (non-hydrogen) atoms. The van der Waals surface area contributed by atoms with E-state index in [1.165, 1.54) is 88.0 Å². The molecule has 200 valence electrons. The molecule has 9 aromatic rings. The van der Waals surface area contributed by atoms with Crippen LogP contribution >= 0.6 is 15.9 Å². The Bertz CT molecular complexity index is 2640. The van der Waals surface area contributed by atoms with Gasteiger partial charge in [-0.05, 0) is 52.9 Å². The lowest BCUT2D eigenvalue weighted by Crippen LogP contribution is -1.97. The highest BCUT2D eigenvalue weighted by Gasteiger charge is 2.25. The minimum atomic E-state index is 1.11. The number of hydrogen-bond donors (Lipinski definition) is 0. The predicted octanol–water partition coefficient (Wildman–Crippen LogP) is 11.4. The molecule has 0 amide bonds. The van der Waals surface area contributed by atoms with Gasteiger partial charge in [0.2, 0.25) is 0 Å². The Labute approximate surface area is 256 Å². The molecule has 3 heteroatoms. The fraction of sp³-hybridized carbons (Fsp3) is 0. The summed E-state index contributed by atoms with van der Waals surface area (Å²) in [6.45, 7) is 0. The van der Waals surface area contributed by atoms with Gasteiger partial charge in [-0.25, -0.2) is 0 Å². The lowest BCUT2D eigenvalue weighted by atomic mass is 9.93. The first-order valence-corrected chi connectivity index (χ1v) is 15.4. The number of hydrogen-bond acceptors (Lipinski definition) is 0. The number of benzene rings is 7. The Balaban J connectivity index is 1.43. The maximum Gasteiger partial charge on any atom is 0.0619 e. The van der Waals surface area contributed by atoms with Gasteiger partial charge in [0.15, 0.2) is 0 Å². The van der Waals surface area contributed by atoms with Crippen LogP contribution < -0.4 is 0 Å². The van der Waals surface area contributed by atoms with Gasteiger partial charge in [0.25, 0.3) is 0 Å². The molecule has 0 bridgehead atoms. The third kappa shape index (κ3) is 3.02. The van der Waals surface area contributed by atoms with Crippen LogP contribution in [0.3, 0.4) is 0 Å². The molecule has 0 saturated heterocycles. The van der Waals surface area contributed by atoms with Crippen LogP contribution in [0.25, 0.3) is 88.0 Å². The third-order valence-corrected chi connectivity index (χ3v) is 10.0. The van der Waals surface area contributed by atoms with Crippen LogP contribution in [0.4, 0.5) is 0 Å². The SMILES string of the molecule is Brc1ccc(-n2c3ccccc3c3cc4c5cccc6c5n(c4cc32)-c2ccccc2-c2ccccc2-6)c2ccccc12. The molecular formula is C40H23BrN2. The van der Waals surface area contributed by atoms with E-state index in [9.17, 15) is 0 Å². The van der Waals surface area contributed by atoms with Crippen molar-refractivity contribution in [3.63, 3.8) is 0 Å². The lowest BCUT2D eigenvalue weighted by Gasteiger charge is -2.14. The topological polar surface area (TPSA) is 9.86 Å². The maximum atomic E-state index is 3.80. The van der Waals surface area contributed by atoms with Crippen LogP contribution in [0.2, 0.25) is 0 Å². The summed E-state index contributed by atoms with van der Waals surface area (Å²) < 4.78 is 6.08. The fourth-order valence-electron chi connectivity index (χ4n) is 7.54. The normalized spacial score (nSPS) is 12.3. The van der Waals surface area contributed by atoms with E-state index < -0.39 is 0 Å². The Morgan fingerprint density at radius 3 is 1.81 bits per heavy atom. The van der Waals surface area contributed by atoms with Crippen LogP contribution in [0.15, 0.2) is 144 Å². The number of para-hydroxylation sites is 3. The van der Waals surface area contributed by atoms with E-state index in [2.05, 4.69) is 165 Å². The van der Waals surface area contributed by atoms with E-state index in [0.29, 0.717) is 0 Å². The molecule has 0 aliphatic carbocycles. The monoisotopic (exact) mass is 610 g/mol. The summed E-state index contributed by atoms with van der Waals surface area (Å²) in [6, 6.07) is 51.3.